The Hall–Kier alpha value is -1.89. The molecule has 18 heavy (non-hydrogen) atoms. The third-order valence-electron chi connectivity index (χ3n) is 3.04. The lowest BCUT2D eigenvalue weighted by atomic mass is 9.92. The number of rotatable bonds is 3. The van der Waals surface area contributed by atoms with Crippen LogP contribution in [0.4, 0.5) is 5.88 Å². The number of amides is 1. The van der Waals surface area contributed by atoms with Crippen molar-refractivity contribution in [2.24, 2.45) is 0 Å². The van der Waals surface area contributed by atoms with E-state index in [4.69, 9.17) is 4.42 Å². The Morgan fingerprint density at radius 3 is 2.78 bits per heavy atom. The minimum absolute atomic E-state index is 0.112. The number of hydrogen-bond donors (Lipinski definition) is 2. The fourth-order valence-electron chi connectivity index (χ4n) is 2.07. The van der Waals surface area contributed by atoms with Crippen molar-refractivity contribution in [2.75, 3.05) is 0 Å². The summed E-state index contributed by atoms with van der Waals surface area (Å²) in [6.07, 6.45) is 2.69. The van der Waals surface area contributed by atoms with Gasteiger partial charge in [-0.1, -0.05) is 12.8 Å². The Morgan fingerprint density at radius 2 is 2.17 bits per heavy atom. The van der Waals surface area contributed by atoms with Crippen LogP contribution in [0.2, 0.25) is 0 Å². The van der Waals surface area contributed by atoms with Crippen LogP contribution in [0, 0.1) is 10.1 Å². The molecule has 0 unspecified atom stereocenters. The summed E-state index contributed by atoms with van der Waals surface area (Å²) in [5.41, 5.74) is 0. The molecule has 98 valence electrons. The highest BCUT2D eigenvalue weighted by Crippen LogP contribution is 2.20. The molecule has 1 fully saturated rings. The lowest BCUT2D eigenvalue weighted by molar-refractivity contribution is -0.402. The molecule has 0 radical (unpaired) electrons. The molecule has 1 aliphatic rings. The molecular weight excluding hydrogens is 240 g/mol. The number of nitrogens with zero attached hydrogens (tertiary/aromatic N) is 1. The van der Waals surface area contributed by atoms with Crippen LogP contribution in [-0.2, 0) is 0 Å². The molecule has 0 aliphatic heterocycles. The van der Waals surface area contributed by atoms with Gasteiger partial charge in [0.25, 0.3) is 5.91 Å². The summed E-state index contributed by atoms with van der Waals surface area (Å²) >= 11 is 0. The van der Waals surface area contributed by atoms with Gasteiger partial charge in [-0.3, -0.25) is 14.9 Å². The Balaban J connectivity index is 2.00. The topological polar surface area (TPSA) is 106 Å². The Morgan fingerprint density at radius 1 is 1.44 bits per heavy atom. The number of nitro groups is 1. The molecule has 7 nitrogen and oxygen atoms in total. The number of hydrogen-bond acceptors (Lipinski definition) is 5. The van der Waals surface area contributed by atoms with E-state index >= 15 is 0 Å². The van der Waals surface area contributed by atoms with Gasteiger partial charge < -0.3 is 14.8 Å². The number of aliphatic hydroxyl groups excluding tert-OH is 1. The van der Waals surface area contributed by atoms with Gasteiger partial charge in [0.1, 0.15) is 4.92 Å². The van der Waals surface area contributed by atoms with Crippen LogP contribution in [0.25, 0.3) is 0 Å². The monoisotopic (exact) mass is 254 g/mol. The van der Waals surface area contributed by atoms with Crippen molar-refractivity contribution >= 4 is 11.8 Å². The first kappa shape index (κ1) is 12.6. The molecule has 1 heterocycles. The molecular formula is C11H14N2O5. The van der Waals surface area contributed by atoms with Crippen molar-refractivity contribution in [3.05, 3.63) is 28.0 Å². The maximum atomic E-state index is 11.8. The number of furan rings is 1. The van der Waals surface area contributed by atoms with Crippen LogP contribution in [0.15, 0.2) is 16.5 Å². The minimum Gasteiger partial charge on any atom is -0.395 e. The highest BCUT2D eigenvalue weighted by Gasteiger charge is 2.26. The average Bonchev–Trinajstić information content (AvgIpc) is 2.81. The highest BCUT2D eigenvalue weighted by molar-refractivity contribution is 5.91. The van der Waals surface area contributed by atoms with E-state index in [1.807, 2.05) is 0 Å². The van der Waals surface area contributed by atoms with Crippen LogP contribution in [-0.4, -0.2) is 28.1 Å². The second kappa shape index (κ2) is 5.18. The Labute approximate surface area is 103 Å². The fourth-order valence-corrected chi connectivity index (χ4v) is 2.07. The summed E-state index contributed by atoms with van der Waals surface area (Å²) < 4.78 is 4.79. The van der Waals surface area contributed by atoms with Gasteiger partial charge in [-0.15, -0.1) is 0 Å². The molecule has 1 aromatic heterocycles. The van der Waals surface area contributed by atoms with Crippen molar-refractivity contribution in [3.63, 3.8) is 0 Å². The standard InChI is InChI=1S/C11H14N2O5/c14-8-4-2-1-3-7(8)12-11(15)9-5-6-10(18-9)13(16)17/h5-8,14H,1-4H2,(H,12,15)/t7-,8-/m0/s1. The van der Waals surface area contributed by atoms with Gasteiger partial charge in [0.2, 0.25) is 0 Å². The first-order chi connectivity index (χ1) is 8.58. The van der Waals surface area contributed by atoms with E-state index in [1.54, 1.807) is 0 Å². The van der Waals surface area contributed by atoms with E-state index in [-0.39, 0.29) is 11.8 Å². The lowest BCUT2D eigenvalue weighted by Gasteiger charge is -2.27. The summed E-state index contributed by atoms with van der Waals surface area (Å²) in [5.74, 6) is -1.11. The average molecular weight is 254 g/mol. The Kier molecular flexibility index (Phi) is 3.61. The van der Waals surface area contributed by atoms with E-state index in [0.29, 0.717) is 12.8 Å². The lowest BCUT2D eigenvalue weighted by Crippen LogP contribution is -2.44. The van der Waals surface area contributed by atoms with Crippen LogP contribution < -0.4 is 5.32 Å². The third kappa shape index (κ3) is 2.67. The molecule has 0 saturated heterocycles. The summed E-state index contributed by atoms with van der Waals surface area (Å²) in [6.45, 7) is 0. The minimum atomic E-state index is -0.702. The smallest absolute Gasteiger partial charge is 0.395 e. The largest absolute Gasteiger partial charge is 0.433 e. The zero-order chi connectivity index (χ0) is 13.1. The second-order valence-electron chi connectivity index (χ2n) is 4.33. The van der Waals surface area contributed by atoms with Crippen LogP contribution >= 0.6 is 0 Å². The molecule has 2 atom stereocenters. The first-order valence-corrected chi connectivity index (χ1v) is 5.81. The van der Waals surface area contributed by atoms with Crippen molar-refractivity contribution < 1.29 is 19.2 Å². The summed E-state index contributed by atoms with van der Waals surface area (Å²) in [7, 11) is 0. The van der Waals surface area contributed by atoms with E-state index < -0.39 is 22.8 Å². The third-order valence-corrected chi connectivity index (χ3v) is 3.04. The van der Waals surface area contributed by atoms with Crippen molar-refractivity contribution in [2.45, 2.75) is 37.8 Å². The summed E-state index contributed by atoms with van der Waals surface area (Å²) in [4.78, 5) is 21.5. The van der Waals surface area contributed by atoms with Gasteiger partial charge in [-0.2, -0.15) is 0 Å². The fraction of sp³-hybridized carbons (Fsp3) is 0.545. The van der Waals surface area contributed by atoms with Crippen LogP contribution in [0.5, 0.6) is 0 Å². The van der Waals surface area contributed by atoms with Gasteiger partial charge in [0.05, 0.1) is 18.2 Å². The SMILES string of the molecule is O=C(N[C@H]1CCCC[C@@H]1O)c1ccc([N+](=O)[O-])o1. The predicted molar refractivity (Wildman–Crippen MR) is 61.1 cm³/mol. The zero-order valence-electron chi connectivity index (χ0n) is 9.67. The van der Waals surface area contributed by atoms with Gasteiger partial charge in [0, 0.05) is 0 Å². The molecule has 1 saturated carbocycles. The summed E-state index contributed by atoms with van der Waals surface area (Å²) in [5, 5.41) is 22.8. The quantitative estimate of drug-likeness (QED) is 0.623. The van der Waals surface area contributed by atoms with E-state index in [0.717, 1.165) is 18.9 Å². The molecule has 0 aromatic carbocycles. The number of carbonyl (C=O) groups is 1. The number of aliphatic hydroxyl groups is 1. The molecule has 2 rings (SSSR count). The predicted octanol–water partition coefficient (Wildman–Crippen LogP) is 1.22. The molecule has 1 aromatic rings. The van der Waals surface area contributed by atoms with E-state index in [1.165, 1.54) is 6.07 Å². The van der Waals surface area contributed by atoms with Gasteiger partial charge in [0.15, 0.2) is 5.76 Å². The van der Waals surface area contributed by atoms with E-state index in [9.17, 15) is 20.0 Å². The number of nitrogens with one attached hydrogen (secondary N) is 1. The molecule has 2 N–H and O–H groups in total. The molecule has 1 amide bonds. The maximum absolute atomic E-state index is 11.8. The second-order valence-corrected chi connectivity index (χ2v) is 4.33. The van der Waals surface area contributed by atoms with Gasteiger partial charge in [-0.05, 0) is 18.9 Å². The molecule has 0 spiro atoms. The molecule has 0 bridgehead atoms. The van der Waals surface area contributed by atoms with Crippen molar-refractivity contribution in [1.82, 2.24) is 5.32 Å². The van der Waals surface area contributed by atoms with Gasteiger partial charge >= 0.3 is 5.88 Å². The Bertz CT molecular complexity index is 456. The molecule has 7 heteroatoms. The van der Waals surface area contributed by atoms with Crippen LogP contribution in [0.1, 0.15) is 36.2 Å². The number of carbonyl (C=O) groups excluding carboxylic acids is 1. The van der Waals surface area contributed by atoms with Crippen molar-refractivity contribution in [1.29, 1.82) is 0 Å². The first-order valence-electron chi connectivity index (χ1n) is 5.81. The van der Waals surface area contributed by atoms with Crippen LogP contribution in [0.3, 0.4) is 0 Å². The summed E-state index contributed by atoms with van der Waals surface area (Å²) in [6, 6.07) is 2.07. The highest BCUT2D eigenvalue weighted by atomic mass is 16.6. The molecule has 1 aliphatic carbocycles. The van der Waals surface area contributed by atoms with Gasteiger partial charge in [-0.25, -0.2) is 0 Å². The maximum Gasteiger partial charge on any atom is 0.433 e. The van der Waals surface area contributed by atoms with E-state index in [2.05, 4.69) is 5.32 Å². The normalized spacial score (nSPS) is 23.6. The van der Waals surface area contributed by atoms with Crippen molar-refractivity contribution in [3.8, 4) is 0 Å². The zero-order valence-corrected chi connectivity index (χ0v) is 9.67.